The maximum Gasteiger partial charge on any atom is 0.306 e. The van der Waals surface area contributed by atoms with Gasteiger partial charge >= 0.3 is 17.9 Å². The predicted molar refractivity (Wildman–Crippen MR) is 339 cm³/mol. The average molecular weight is 1080 g/mol. The van der Waals surface area contributed by atoms with Gasteiger partial charge in [0.25, 0.3) is 0 Å². The number of hydrogen-bond acceptors (Lipinski definition) is 6. The quantitative estimate of drug-likeness (QED) is 0.0261. The van der Waals surface area contributed by atoms with Crippen molar-refractivity contribution in [2.75, 3.05) is 13.2 Å². The minimum atomic E-state index is -0.803. The minimum absolute atomic E-state index is 0.0973. The molecule has 0 amide bonds. The fourth-order valence-corrected chi connectivity index (χ4v) is 8.36. The van der Waals surface area contributed by atoms with Crippen LogP contribution in [-0.4, -0.2) is 37.2 Å². The van der Waals surface area contributed by atoms with E-state index in [2.05, 4.69) is 167 Å². The van der Waals surface area contributed by atoms with Crippen LogP contribution in [0.25, 0.3) is 0 Å². The summed E-state index contributed by atoms with van der Waals surface area (Å²) in [6.45, 7) is 6.32. The lowest BCUT2D eigenvalue weighted by molar-refractivity contribution is -0.167. The maximum atomic E-state index is 12.9. The molecule has 0 fully saturated rings. The molecule has 0 saturated carbocycles. The third-order valence-electron chi connectivity index (χ3n) is 13.0. The summed E-state index contributed by atoms with van der Waals surface area (Å²) in [5.74, 6) is -0.938. The first-order valence-electron chi connectivity index (χ1n) is 31.8. The molecule has 6 nitrogen and oxygen atoms in total. The highest BCUT2D eigenvalue weighted by Crippen LogP contribution is 2.15. The van der Waals surface area contributed by atoms with E-state index >= 15 is 0 Å². The number of esters is 3. The van der Waals surface area contributed by atoms with Gasteiger partial charge in [-0.1, -0.05) is 263 Å². The van der Waals surface area contributed by atoms with Crippen molar-refractivity contribution in [1.82, 2.24) is 0 Å². The number of allylic oxidation sites excluding steroid dienone is 24. The molecule has 0 rings (SSSR count). The molecule has 0 radical (unpaired) electrons. The summed E-state index contributed by atoms with van der Waals surface area (Å²) in [4.78, 5) is 38.2. The van der Waals surface area contributed by atoms with Gasteiger partial charge in [0.15, 0.2) is 6.10 Å². The summed E-state index contributed by atoms with van der Waals surface area (Å²) >= 11 is 0. The maximum absolute atomic E-state index is 12.9. The molecule has 0 spiro atoms. The smallest absolute Gasteiger partial charge is 0.306 e. The Labute approximate surface area is 480 Å². The predicted octanol–water partition coefficient (Wildman–Crippen LogP) is 21.9. The van der Waals surface area contributed by atoms with Gasteiger partial charge in [-0.15, -0.1) is 0 Å². The molecular formula is C72H116O6. The minimum Gasteiger partial charge on any atom is -0.462 e. The molecule has 0 aliphatic carbocycles. The first-order valence-corrected chi connectivity index (χ1v) is 31.8. The molecule has 1 atom stereocenters. The average Bonchev–Trinajstić information content (AvgIpc) is 3.44. The summed E-state index contributed by atoms with van der Waals surface area (Å²) in [5, 5.41) is 0. The number of carbonyl (C=O) groups excluding carboxylic acids is 3. The molecule has 440 valence electrons. The molecule has 0 aromatic heterocycles. The molecule has 0 aromatic carbocycles. The van der Waals surface area contributed by atoms with Crippen molar-refractivity contribution in [2.24, 2.45) is 0 Å². The van der Waals surface area contributed by atoms with Crippen LogP contribution in [0.15, 0.2) is 146 Å². The largest absolute Gasteiger partial charge is 0.462 e. The van der Waals surface area contributed by atoms with Crippen LogP contribution >= 0.6 is 0 Å². The van der Waals surface area contributed by atoms with Crippen molar-refractivity contribution in [3.05, 3.63) is 146 Å². The van der Waals surface area contributed by atoms with Crippen molar-refractivity contribution >= 4 is 17.9 Å². The first-order chi connectivity index (χ1) is 38.5. The van der Waals surface area contributed by atoms with Crippen LogP contribution in [0.4, 0.5) is 0 Å². The second-order valence-corrected chi connectivity index (χ2v) is 20.5. The fraction of sp³-hybridized carbons (Fsp3) is 0.625. The van der Waals surface area contributed by atoms with Crippen molar-refractivity contribution < 1.29 is 28.6 Å². The highest BCUT2D eigenvalue weighted by atomic mass is 16.6. The summed E-state index contributed by atoms with van der Waals surface area (Å²) in [5.41, 5.74) is 0. The number of rotatable bonds is 56. The molecule has 0 aliphatic heterocycles. The Bertz CT molecular complexity index is 1710. The van der Waals surface area contributed by atoms with Gasteiger partial charge in [-0.25, -0.2) is 0 Å². The van der Waals surface area contributed by atoms with Crippen LogP contribution < -0.4 is 0 Å². The fourth-order valence-electron chi connectivity index (χ4n) is 8.36. The Morgan fingerprint density at radius 3 is 0.795 bits per heavy atom. The molecule has 0 bridgehead atoms. The Balaban J connectivity index is 4.33. The summed E-state index contributed by atoms with van der Waals surface area (Å²) in [6, 6.07) is 0. The molecule has 0 aromatic rings. The van der Waals surface area contributed by atoms with Crippen molar-refractivity contribution in [3.8, 4) is 0 Å². The van der Waals surface area contributed by atoms with Crippen LogP contribution in [0, 0.1) is 0 Å². The van der Waals surface area contributed by atoms with Crippen molar-refractivity contribution in [1.29, 1.82) is 0 Å². The summed E-state index contributed by atoms with van der Waals surface area (Å²) < 4.78 is 16.9. The van der Waals surface area contributed by atoms with Gasteiger partial charge in [-0.3, -0.25) is 14.4 Å². The lowest BCUT2D eigenvalue weighted by Gasteiger charge is -2.18. The van der Waals surface area contributed by atoms with E-state index in [4.69, 9.17) is 14.2 Å². The van der Waals surface area contributed by atoms with E-state index in [9.17, 15) is 14.4 Å². The zero-order valence-corrected chi connectivity index (χ0v) is 50.4. The van der Waals surface area contributed by atoms with Crippen LogP contribution in [0.1, 0.15) is 271 Å². The third-order valence-corrected chi connectivity index (χ3v) is 13.0. The standard InChI is InChI=1S/C72H116O6/c1-4-7-10-13-16-19-22-24-26-28-30-32-34-35-36-37-39-40-42-44-46-48-50-53-56-59-62-65-71(74)77-68-69(67-76-70(73)64-61-58-55-52-21-18-15-12-9-6-3)78-72(75)66-63-60-57-54-51-49-47-45-43-41-38-33-31-29-27-25-23-20-17-14-11-8-5-2/h7-8,10-12,15-17,19-20,24-27,30-33,35-36,41,43,47,49,69H,4-6,9,13-14,18,21-23,28-29,34,37-40,42,44-46,48,50-68H2,1-3H3/b10-7-,11-8-,15-12-,19-16-,20-17-,26-24-,27-25-,32-30-,33-31-,36-35-,43-41-,49-47-. The van der Waals surface area contributed by atoms with Crippen LogP contribution in [0.3, 0.4) is 0 Å². The second-order valence-electron chi connectivity index (χ2n) is 20.5. The first kappa shape index (κ1) is 73.3. The number of unbranched alkanes of at least 4 members (excludes halogenated alkanes) is 21. The van der Waals surface area contributed by atoms with E-state index in [1.165, 1.54) is 70.6 Å². The highest BCUT2D eigenvalue weighted by molar-refractivity contribution is 5.71. The second kappa shape index (κ2) is 64.8. The van der Waals surface area contributed by atoms with Crippen LogP contribution in [-0.2, 0) is 28.6 Å². The van der Waals surface area contributed by atoms with E-state index in [0.717, 1.165) is 161 Å². The Hall–Kier alpha value is -4.71. The molecule has 0 saturated heterocycles. The van der Waals surface area contributed by atoms with Crippen LogP contribution in [0.2, 0.25) is 0 Å². The number of ether oxygens (including phenoxy) is 3. The molecule has 0 heterocycles. The van der Waals surface area contributed by atoms with Gasteiger partial charge in [-0.2, -0.15) is 0 Å². The number of carbonyl (C=O) groups is 3. The van der Waals surface area contributed by atoms with Gasteiger partial charge in [0.1, 0.15) is 13.2 Å². The lowest BCUT2D eigenvalue weighted by atomic mass is 10.0. The van der Waals surface area contributed by atoms with E-state index in [0.29, 0.717) is 19.3 Å². The normalized spacial score (nSPS) is 13.1. The van der Waals surface area contributed by atoms with Gasteiger partial charge in [-0.05, 0) is 135 Å². The summed E-state index contributed by atoms with van der Waals surface area (Å²) in [6.07, 6.45) is 92.9. The van der Waals surface area contributed by atoms with Crippen molar-refractivity contribution in [3.63, 3.8) is 0 Å². The highest BCUT2D eigenvalue weighted by Gasteiger charge is 2.19. The monoisotopic (exact) mass is 1080 g/mol. The zero-order valence-electron chi connectivity index (χ0n) is 50.4. The molecule has 1 unspecified atom stereocenters. The Kier molecular flexibility index (Phi) is 60.9. The molecular weight excluding hydrogens is 961 g/mol. The molecule has 0 N–H and O–H groups in total. The van der Waals surface area contributed by atoms with E-state index < -0.39 is 6.10 Å². The van der Waals surface area contributed by atoms with E-state index in [1.54, 1.807) is 0 Å². The van der Waals surface area contributed by atoms with Gasteiger partial charge in [0, 0.05) is 19.3 Å². The number of hydrogen-bond donors (Lipinski definition) is 0. The Morgan fingerprint density at radius 2 is 0.500 bits per heavy atom. The lowest BCUT2D eigenvalue weighted by Crippen LogP contribution is -2.30. The Morgan fingerprint density at radius 1 is 0.269 bits per heavy atom. The SMILES string of the molecule is CC/C=C\C/C=C\C/C=C\C/C=C\C/C=C\C/C=C\CCCCCCC(=O)OC(COC(=O)CCCCCCC/C=C\CCC)COC(=O)CCCCCCCCCCCCC/C=C\C/C=C\C/C=C\C/C=C\C/C=C\CC. The molecule has 0 aliphatic rings. The van der Waals surface area contributed by atoms with Gasteiger partial charge in [0.05, 0.1) is 0 Å². The van der Waals surface area contributed by atoms with E-state index in [-0.39, 0.29) is 31.1 Å². The summed E-state index contributed by atoms with van der Waals surface area (Å²) in [7, 11) is 0. The van der Waals surface area contributed by atoms with Gasteiger partial charge < -0.3 is 14.2 Å². The van der Waals surface area contributed by atoms with Crippen molar-refractivity contribution in [2.45, 2.75) is 277 Å². The zero-order chi connectivity index (χ0) is 56.4. The van der Waals surface area contributed by atoms with Gasteiger partial charge in [0.2, 0.25) is 0 Å². The third kappa shape index (κ3) is 62.1. The van der Waals surface area contributed by atoms with E-state index in [1.807, 2.05) is 0 Å². The molecule has 78 heavy (non-hydrogen) atoms. The molecule has 6 heteroatoms. The topological polar surface area (TPSA) is 78.9 Å². The van der Waals surface area contributed by atoms with Crippen LogP contribution in [0.5, 0.6) is 0 Å².